The van der Waals surface area contributed by atoms with Gasteiger partial charge in [-0.05, 0) is 52.9 Å². The SMILES string of the molecule is CCn1nnc(NC(=O)c2cccc(I)c2)n1. The smallest absolute Gasteiger partial charge is 0.270 e. The van der Waals surface area contributed by atoms with Gasteiger partial charge in [-0.15, -0.1) is 5.10 Å². The lowest BCUT2D eigenvalue weighted by Gasteiger charge is -2.00. The fourth-order valence-electron chi connectivity index (χ4n) is 1.23. The minimum absolute atomic E-state index is 0.218. The van der Waals surface area contributed by atoms with Gasteiger partial charge in [-0.25, -0.2) is 0 Å². The van der Waals surface area contributed by atoms with E-state index in [-0.39, 0.29) is 11.9 Å². The Labute approximate surface area is 112 Å². The quantitative estimate of drug-likeness (QED) is 0.859. The van der Waals surface area contributed by atoms with Gasteiger partial charge in [-0.3, -0.25) is 10.1 Å². The van der Waals surface area contributed by atoms with E-state index in [4.69, 9.17) is 0 Å². The van der Waals surface area contributed by atoms with Crippen molar-refractivity contribution in [1.29, 1.82) is 0 Å². The van der Waals surface area contributed by atoms with Crippen LogP contribution in [-0.2, 0) is 6.54 Å². The van der Waals surface area contributed by atoms with E-state index in [2.05, 4.69) is 43.3 Å². The van der Waals surface area contributed by atoms with Crippen molar-refractivity contribution in [1.82, 2.24) is 20.2 Å². The Morgan fingerprint density at radius 1 is 1.53 bits per heavy atom. The summed E-state index contributed by atoms with van der Waals surface area (Å²) in [4.78, 5) is 13.2. The molecule has 0 radical (unpaired) electrons. The van der Waals surface area contributed by atoms with Crippen LogP contribution in [0.1, 0.15) is 17.3 Å². The summed E-state index contributed by atoms with van der Waals surface area (Å²) >= 11 is 2.15. The van der Waals surface area contributed by atoms with Crippen LogP contribution in [0.2, 0.25) is 0 Å². The minimum atomic E-state index is -0.237. The van der Waals surface area contributed by atoms with Crippen LogP contribution in [0.4, 0.5) is 5.95 Å². The molecular formula is C10H10IN5O. The number of carbonyl (C=O) groups is 1. The van der Waals surface area contributed by atoms with Gasteiger partial charge in [0.2, 0.25) is 0 Å². The second-order valence-electron chi connectivity index (χ2n) is 3.27. The van der Waals surface area contributed by atoms with Crippen LogP contribution in [0.5, 0.6) is 0 Å². The van der Waals surface area contributed by atoms with E-state index in [1.54, 1.807) is 12.1 Å². The van der Waals surface area contributed by atoms with Gasteiger partial charge in [-0.1, -0.05) is 11.2 Å². The summed E-state index contributed by atoms with van der Waals surface area (Å²) in [5, 5.41) is 14.1. The highest BCUT2D eigenvalue weighted by Crippen LogP contribution is 2.09. The summed E-state index contributed by atoms with van der Waals surface area (Å²) in [5.74, 6) is -0.0186. The molecule has 0 saturated carbocycles. The maximum atomic E-state index is 11.8. The molecular weight excluding hydrogens is 333 g/mol. The number of benzene rings is 1. The molecule has 7 heteroatoms. The Kier molecular flexibility index (Phi) is 3.67. The Bertz CT molecular complexity index is 539. The van der Waals surface area contributed by atoms with Crippen LogP contribution >= 0.6 is 22.6 Å². The standard InChI is InChI=1S/C10H10IN5O/c1-2-16-14-10(13-15-16)12-9(17)7-4-3-5-8(11)6-7/h3-6H,2H2,1H3,(H,12,14,17). The topological polar surface area (TPSA) is 72.7 Å². The number of nitrogens with one attached hydrogen (secondary N) is 1. The lowest BCUT2D eigenvalue weighted by atomic mass is 10.2. The summed E-state index contributed by atoms with van der Waals surface area (Å²) < 4.78 is 1.00. The number of amides is 1. The van der Waals surface area contributed by atoms with Crippen molar-refractivity contribution in [3.63, 3.8) is 0 Å². The number of tetrazole rings is 1. The van der Waals surface area contributed by atoms with Crippen molar-refractivity contribution in [2.45, 2.75) is 13.5 Å². The van der Waals surface area contributed by atoms with Crippen LogP contribution in [0, 0.1) is 3.57 Å². The molecule has 0 fully saturated rings. The second kappa shape index (κ2) is 5.21. The summed E-state index contributed by atoms with van der Waals surface area (Å²) in [7, 11) is 0. The van der Waals surface area contributed by atoms with Crippen LogP contribution < -0.4 is 5.32 Å². The molecule has 0 atom stereocenters. The summed E-state index contributed by atoms with van der Waals surface area (Å²) in [5.41, 5.74) is 0.574. The van der Waals surface area contributed by atoms with Crippen molar-refractivity contribution in [2.24, 2.45) is 0 Å². The van der Waals surface area contributed by atoms with Crippen LogP contribution in [0.25, 0.3) is 0 Å². The van der Waals surface area contributed by atoms with Gasteiger partial charge in [0.05, 0.1) is 6.54 Å². The first-order valence-corrected chi connectivity index (χ1v) is 6.11. The molecule has 0 bridgehead atoms. The van der Waals surface area contributed by atoms with E-state index in [0.29, 0.717) is 12.1 Å². The monoisotopic (exact) mass is 343 g/mol. The van der Waals surface area contributed by atoms with Gasteiger partial charge < -0.3 is 0 Å². The molecule has 1 N–H and O–H groups in total. The largest absolute Gasteiger partial charge is 0.288 e. The van der Waals surface area contributed by atoms with Gasteiger partial charge in [0.25, 0.3) is 11.9 Å². The Balaban J connectivity index is 2.11. The van der Waals surface area contributed by atoms with Crippen LogP contribution in [-0.4, -0.2) is 26.1 Å². The summed E-state index contributed by atoms with van der Waals surface area (Å²) in [6.07, 6.45) is 0. The summed E-state index contributed by atoms with van der Waals surface area (Å²) in [6, 6.07) is 7.28. The number of halogens is 1. The van der Waals surface area contributed by atoms with E-state index < -0.39 is 0 Å². The van der Waals surface area contributed by atoms with Crippen molar-refractivity contribution >= 4 is 34.4 Å². The van der Waals surface area contributed by atoms with Gasteiger partial charge >= 0.3 is 0 Å². The fourth-order valence-corrected chi connectivity index (χ4v) is 1.77. The van der Waals surface area contributed by atoms with E-state index in [1.807, 2.05) is 19.1 Å². The number of rotatable bonds is 3. The molecule has 1 aromatic heterocycles. The van der Waals surface area contributed by atoms with E-state index in [9.17, 15) is 4.79 Å². The zero-order valence-electron chi connectivity index (χ0n) is 9.09. The van der Waals surface area contributed by atoms with Crippen LogP contribution in [0.15, 0.2) is 24.3 Å². The van der Waals surface area contributed by atoms with Gasteiger partial charge in [-0.2, -0.15) is 4.80 Å². The number of aromatic nitrogens is 4. The zero-order chi connectivity index (χ0) is 12.3. The first-order valence-electron chi connectivity index (χ1n) is 5.04. The van der Waals surface area contributed by atoms with E-state index >= 15 is 0 Å². The molecule has 6 nitrogen and oxygen atoms in total. The van der Waals surface area contributed by atoms with Crippen LogP contribution in [0.3, 0.4) is 0 Å². The van der Waals surface area contributed by atoms with E-state index in [1.165, 1.54) is 4.80 Å². The van der Waals surface area contributed by atoms with E-state index in [0.717, 1.165) is 3.57 Å². The number of nitrogens with zero attached hydrogens (tertiary/aromatic N) is 4. The average Bonchev–Trinajstić information content (AvgIpc) is 2.77. The highest BCUT2D eigenvalue weighted by atomic mass is 127. The number of hydrogen-bond donors (Lipinski definition) is 1. The Morgan fingerprint density at radius 3 is 3.00 bits per heavy atom. The van der Waals surface area contributed by atoms with Gasteiger partial charge in [0, 0.05) is 9.13 Å². The highest BCUT2D eigenvalue weighted by molar-refractivity contribution is 14.1. The lowest BCUT2D eigenvalue weighted by molar-refractivity contribution is 0.102. The second-order valence-corrected chi connectivity index (χ2v) is 4.51. The third kappa shape index (κ3) is 2.99. The molecule has 0 aliphatic carbocycles. The maximum Gasteiger partial charge on any atom is 0.270 e. The Morgan fingerprint density at radius 2 is 2.35 bits per heavy atom. The molecule has 0 aliphatic heterocycles. The molecule has 0 saturated heterocycles. The molecule has 0 aliphatic rings. The van der Waals surface area contributed by atoms with Crippen molar-refractivity contribution in [2.75, 3.05) is 5.32 Å². The van der Waals surface area contributed by atoms with Crippen molar-refractivity contribution in [3.8, 4) is 0 Å². The lowest BCUT2D eigenvalue weighted by Crippen LogP contribution is -2.13. The molecule has 1 heterocycles. The molecule has 0 unspecified atom stereocenters. The fraction of sp³-hybridized carbons (Fsp3) is 0.200. The van der Waals surface area contributed by atoms with Crippen molar-refractivity contribution < 1.29 is 4.79 Å². The zero-order valence-corrected chi connectivity index (χ0v) is 11.2. The first-order chi connectivity index (χ1) is 8.19. The number of aryl methyl sites for hydroxylation is 1. The summed E-state index contributed by atoms with van der Waals surface area (Å²) in [6.45, 7) is 2.51. The molecule has 1 amide bonds. The highest BCUT2D eigenvalue weighted by Gasteiger charge is 2.09. The van der Waals surface area contributed by atoms with Gasteiger partial charge in [0.15, 0.2) is 0 Å². The van der Waals surface area contributed by atoms with Crippen molar-refractivity contribution in [3.05, 3.63) is 33.4 Å². The third-order valence-corrected chi connectivity index (χ3v) is 2.72. The molecule has 2 rings (SSSR count). The number of anilines is 1. The predicted molar refractivity (Wildman–Crippen MR) is 70.6 cm³/mol. The molecule has 1 aromatic carbocycles. The predicted octanol–water partition coefficient (Wildman–Crippen LogP) is 1.55. The normalized spacial score (nSPS) is 10.2. The number of hydrogen-bond acceptors (Lipinski definition) is 4. The Hall–Kier alpha value is -1.51. The molecule has 0 spiro atoms. The third-order valence-electron chi connectivity index (χ3n) is 2.05. The number of carbonyl (C=O) groups excluding carboxylic acids is 1. The molecule has 17 heavy (non-hydrogen) atoms. The average molecular weight is 343 g/mol. The maximum absolute atomic E-state index is 11.8. The minimum Gasteiger partial charge on any atom is -0.288 e. The van der Waals surface area contributed by atoms with Gasteiger partial charge in [0.1, 0.15) is 0 Å². The first kappa shape index (κ1) is 12.0. The molecule has 88 valence electrons. The molecule has 2 aromatic rings.